The molecule has 1 aliphatic heterocycles. The fraction of sp³-hybridized carbons (Fsp3) is 0.0556. The second-order valence-corrected chi connectivity index (χ2v) is 7.65. The number of thiazole rings is 1. The van der Waals surface area contributed by atoms with Crippen LogP contribution >= 0.6 is 22.7 Å². The summed E-state index contributed by atoms with van der Waals surface area (Å²) < 4.78 is 0. The van der Waals surface area contributed by atoms with Crippen LogP contribution in [0.15, 0.2) is 53.4 Å². The van der Waals surface area contributed by atoms with Crippen LogP contribution in [0.2, 0.25) is 0 Å². The van der Waals surface area contributed by atoms with Crippen molar-refractivity contribution in [3.63, 3.8) is 0 Å². The van der Waals surface area contributed by atoms with Crippen LogP contribution < -0.4 is 4.90 Å². The lowest BCUT2D eigenvalue weighted by atomic mass is 9.98. The summed E-state index contributed by atoms with van der Waals surface area (Å²) in [5.41, 5.74) is 2.86. The fourth-order valence-corrected chi connectivity index (χ4v) is 4.69. The van der Waals surface area contributed by atoms with Gasteiger partial charge in [-0.05, 0) is 29.1 Å². The zero-order valence-electron chi connectivity index (χ0n) is 13.3. The van der Waals surface area contributed by atoms with E-state index in [-0.39, 0.29) is 11.7 Å². The lowest BCUT2D eigenvalue weighted by molar-refractivity contribution is 0.0988. The van der Waals surface area contributed by atoms with Gasteiger partial charge in [0.2, 0.25) is 0 Å². The van der Waals surface area contributed by atoms with E-state index in [0.717, 1.165) is 21.7 Å². The molecule has 0 saturated heterocycles. The topological polar surface area (TPSA) is 82.1 Å². The summed E-state index contributed by atoms with van der Waals surface area (Å²) in [5.74, 6) is -0.0361. The molecule has 1 aromatic carbocycles. The number of aromatic amines is 1. The predicted molar refractivity (Wildman–Crippen MR) is 101 cm³/mol. The second kappa shape index (κ2) is 5.79. The lowest BCUT2D eigenvalue weighted by Gasteiger charge is -2.24. The van der Waals surface area contributed by atoms with Crippen molar-refractivity contribution < 1.29 is 9.90 Å². The van der Waals surface area contributed by atoms with Gasteiger partial charge in [0.1, 0.15) is 5.75 Å². The van der Waals surface area contributed by atoms with E-state index >= 15 is 0 Å². The van der Waals surface area contributed by atoms with E-state index in [1.807, 2.05) is 29.0 Å². The molecule has 4 aromatic rings. The monoisotopic (exact) mass is 380 g/mol. The normalized spacial score (nSPS) is 16.2. The Hall–Kier alpha value is -2.97. The number of anilines is 1. The van der Waals surface area contributed by atoms with Crippen molar-refractivity contribution in [3.8, 4) is 16.3 Å². The summed E-state index contributed by atoms with van der Waals surface area (Å²) in [6, 6.07) is 10.5. The van der Waals surface area contributed by atoms with Gasteiger partial charge in [0.05, 0.1) is 16.6 Å². The minimum Gasteiger partial charge on any atom is -0.508 e. The zero-order valence-corrected chi connectivity index (χ0v) is 14.9. The van der Waals surface area contributed by atoms with Gasteiger partial charge < -0.3 is 5.11 Å². The predicted octanol–water partition coefficient (Wildman–Crippen LogP) is 4.05. The van der Waals surface area contributed by atoms with Gasteiger partial charge in [-0.15, -0.1) is 22.7 Å². The minimum atomic E-state index is -0.397. The summed E-state index contributed by atoms with van der Waals surface area (Å²) in [6.45, 7) is 0. The highest BCUT2D eigenvalue weighted by atomic mass is 32.1. The van der Waals surface area contributed by atoms with Crippen molar-refractivity contribution in [2.24, 2.45) is 0 Å². The Morgan fingerprint density at radius 3 is 2.81 bits per heavy atom. The number of hydrogen-bond acceptors (Lipinski definition) is 6. The number of amides is 1. The smallest absolute Gasteiger partial charge is 0.281 e. The van der Waals surface area contributed by atoms with Crippen LogP contribution in [0, 0.1) is 0 Å². The fourth-order valence-electron chi connectivity index (χ4n) is 3.29. The molecule has 0 fully saturated rings. The average Bonchev–Trinajstić information content (AvgIpc) is 3.41. The molecule has 26 heavy (non-hydrogen) atoms. The van der Waals surface area contributed by atoms with Crippen LogP contribution in [0.5, 0.6) is 5.75 Å². The molecular weight excluding hydrogens is 368 g/mol. The van der Waals surface area contributed by atoms with Gasteiger partial charge in [-0.1, -0.05) is 18.2 Å². The SMILES string of the molecule is O=C1c2n[nH]c(-c3cccs3)c2C(c2cccc(O)c2)N1c1nccs1. The number of fused-ring (bicyclic) bond motifs is 1. The van der Waals surface area contributed by atoms with Crippen molar-refractivity contribution in [2.45, 2.75) is 6.04 Å². The highest BCUT2D eigenvalue weighted by Gasteiger charge is 2.44. The molecule has 0 radical (unpaired) electrons. The van der Waals surface area contributed by atoms with E-state index in [4.69, 9.17) is 0 Å². The van der Waals surface area contributed by atoms with Crippen LogP contribution in [0.1, 0.15) is 27.7 Å². The van der Waals surface area contributed by atoms with Crippen LogP contribution in [0.3, 0.4) is 0 Å². The van der Waals surface area contributed by atoms with Crippen LogP contribution in [-0.2, 0) is 0 Å². The third-order valence-electron chi connectivity index (χ3n) is 4.34. The number of nitrogens with zero attached hydrogens (tertiary/aromatic N) is 3. The maximum atomic E-state index is 13.1. The number of thiophene rings is 1. The van der Waals surface area contributed by atoms with E-state index in [1.165, 1.54) is 11.3 Å². The maximum Gasteiger partial charge on any atom is 0.281 e. The standard InChI is InChI=1S/C18H12N4O2S2/c23-11-4-1-3-10(9-11)16-13-14(12-5-2-7-25-12)20-21-15(13)17(24)22(16)18-19-6-8-26-18/h1-9,16,23H,(H,20,21). The molecule has 4 heterocycles. The Morgan fingerprint density at radius 2 is 2.08 bits per heavy atom. The summed E-state index contributed by atoms with van der Waals surface area (Å²) >= 11 is 2.98. The third kappa shape index (κ3) is 2.19. The van der Waals surface area contributed by atoms with Gasteiger partial charge in [-0.2, -0.15) is 5.10 Å². The molecule has 6 nitrogen and oxygen atoms in total. The molecule has 2 N–H and O–H groups in total. The molecule has 1 aliphatic rings. The molecule has 0 saturated carbocycles. The Bertz CT molecular complexity index is 1090. The number of rotatable bonds is 3. The molecule has 0 aliphatic carbocycles. The number of hydrogen-bond donors (Lipinski definition) is 2. The lowest BCUT2D eigenvalue weighted by Crippen LogP contribution is -2.29. The average molecular weight is 380 g/mol. The van der Waals surface area contributed by atoms with E-state index in [2.05, 4.69) is 15.2 Å². The van der Waals surface area contributed by atoms with E-state index in [9.17, 15) is 9.90 Å². The van der Waals surface area contributed by atoms with Gasteiger partial charge in [0, 0.05) is 17.1 Å². The number of nitrogens with one attached hydrogen (secondary N) is 1. The first-order valence-electron chi connectivity index (χ1n) is 7.88. The largest absolute Gasteiger partial charge is 0.508 e. The number of H-pyrrole nitrogens is 1. The first-order valence-corrected chi connectivity index (χ1v) is 9.64. The molecule has 128 valence electrons. The van der Waals surface area contributed by atoms with E-state index < -0.39 is 6.04 Å². The Kier molecular flexibility index (Phi) is 3.41. The maximum absolute atomic E-state index is 13.1. The Labute approximate surface area is 156 Å². The van der Waals surface area contributed by atoms with Crippen LogP contribution in [0.4, 0.5) is 5.13 Å². The molecule has 0 bridgehead atoms. The van der Waals surface area contributed by atoms with Gasteiger partial charge >= 0.3 is 0 Å². The second-order valence-electron chi connectivity index (χ2n) is 5.83. The molecule has 8 heteroatoms. The molecule has 1 amide bonds. The summed E-state index contributed by atoms with van der Waals surface area (Å²) in [5, 5.41) is 21.7. The van der Waals surface area contributed by atoms with Gasteiger partial charge in [-0.3, -0.25) is 14.8 Å². The molecule has 0 spiro atoms. The molecule has 1 unspecified atom stereocenters. The third-order valence-corrected chi connectivity index (χ3v) is 5.99. The first-order chi connectivity index (χ1) is 12.7. The zero-order chi connectivity index (χ0) is 17.7. The number of carbonyl (C=O) groups is 1. The Balaban J connectivity index is 1.76. The van der Waals surface area contributed by atoms with Crippen molar-refractivity contribution >= 4 is 33.7 Å². The quantitative estimate of drug-likeness (QED) is 0.562. The molecular formula is C18H12N4O2S2. The summed E-state index contributed by atoms with van der Waals surface area (Å²) in [7, 11) is 0. The molecule has 1 atom stereocenters. The molecule has 5 rings (SSSR count). The number of benzene rings is 1. The minimum absolute atomic E-state index is 0.156. The Morgan fingerprint density at radius 1 is 1.15 bits per heavy atom. The van der Waals surface area contributed by atoms with E-state index in [0.29, 0.717) is 10.8 Å². The van der Waals surface area contributed by atoms with Gasteiger partial charge in [-0.25, -0.2) is 4.98 Å². The number of carbonyl (C=O) groups excluding carboxylic acids is 1. The first kappa shape index (κ1) is 15.3. The highest BCUT2D eigenvalue weighted by Crippen LogP contribution is 2.46. The highest BCUT2D eigenvalue weighted by molar-refractivity contribution is 7.14. The van der Waals surface area contributed by atoms with Crippen molar-refractivity contribution in [1.82, 2.24) is 15.2 Å². The number of aromatic nitrogens is 3. The van der Waals surface area contributed by atoms with Crippen LogP contribution in [0.25, 0.3) is 10.6 Å². The van der Waals surface area contributed by atoms with Crippen molar-refractivity contribution in [3.05, 3.63) is 70.2 Å². The number of phenolic OH excluding ortho intramolecular Hbond substituents is 1. The number of phenols is 1. The van der Waals surface area contributed by atoms with Crippen molar-refractivity contribution in [2.75, 3.05) is 4.90 Å². The van der Waals surface area contributed by atoms with E-state index in [1.54, 1.807) is 40.6 Å². The van der Waals surface area contributed by atoms with Crippen molar-refractivity contribution in [1.29, 1.82) is 0 Å². The summed E-state index contributed by atoms with van der Waals surface area (Å²) in [6.07, 6.45) is 1.68. The summed E-state index contributed by atoms with van der Waals surface area (Å²) in [4.78, 5) is 20.1. The number of aromatic hydroxyl groups is 1. The molecule has 3 aromatic heterocycles. The van der Waals surface area contributed by atoms with Gasteiger partial charge in [0.25, 0.3) is 5.91 Å². The van der Waals surface area contributed by atoms with Crippen LogP contribution in [-0.4, -0.2) is 26.2 Å². The van der Waals surface area contributed by atoms with Gasteiger partial charge in [0.15, 0.2) is 10.8 Å².